The predicted octanol–water partition coefficient (Wildman–Crippen LogP) is 5.09. The summed E-state index contributed by atoms with van der Waals surface area (Å²) >= 11 is 0. The van der Waals surface area contributed by atoms with Gasteiger partial charge in [0.05, 0.1) is 5.71 Å². The van der Waals surface area contributed by atoms with Crippen LogP contribution in [-0.4, -0.2) is 24.1 Å². The van der Waals surface area contributed by atoms with E-state index in [1.807, 2.05) is 42.5 Å². The lowest BCUT2D eigenvalue weighted by molar-refractivity contribution is -0.117. The molecule has 30 heavy (non-hydrogen) atoms. The van der Waals surface area contributed by atoms with Crippen molar-refractivity contribution in [2.24, 2.45) is 5.92 Å². The third kappa shape index (κ3) is 6.53. The van der Waals surface area contributed by atoms with Gasteiger partial charge in [0.25, 0.3) is 0 Å². The van der Waals surface area contributed by atoms with Crippen LogP contribution in [0.1, 0.15) is 37.8 Å². The molecule has 0 radical (unpaired) electrons. The number of carbonyl (C=O) groups excluding carboxylic acids is 1. The molecule has 0 saturated carbocycles. The topological polar surface area (TPSA) is 62.2 Å². The highest BCUT2D eigenvalue weighted by Gasteiger charge is 2.14. The van der Waals surface area contributed by atoms with Crippen molar-refractivity contribution in [1.82, 2.24) is 5.32 Å². The molecule has 2 aromatic carbocycles. The Balaban J connectivity index is 1.42. The Kier molecular flexibility index (Phi) is 7.75. The number of ether oxygens (including phenoxy) is 1. The van der Waals surface area contributed by atoms with Crippen LogP contribution in [0.15, 0.2) is 78.4 Å². The number of hydrogen-bond donors (Lipinski definition) is 2. The molecule has 0 amide bonds. The zero-order valence-corrected chi connectivity index (χ0v) is 17.7. The third-order valence-corrected chi connectivity index (χ3v) is 5.29. The quantitative estimate of drug-likeness (QED) is 0.544. The lowest BCUT2D eigenvalue weighted by Gasteiger charge is -2.20. The van der Waals surface area contributed by atoms with E-state index in [-0.39, 0.29) is 18.3 Å². The number of ketones is 1. The van der Waals surface area contributed by atoms with Crippen LogP contribution in [0.4, 0.5) is 0 Å². The Morgan fingerprint density at radius 2 is 1.90 bits per heavy atom. The summed E-state index contributed by atoms with van der Waals surface area (Å²) in [4.78, 5) is 11.3. The maximum Gasteiger partial charge on any atom is 0.130 e. The molecule has 0 aromatic heterocycles. The molecule has 0 fully saturated rings. The smallest absolute Gasteiger partial charge is 0.130 e. The lowest BCUT2D eigenvalue weighted by Crippen LogP contribution is -2.27. The first-order valence-electron chi connectivity index (χ1n) is 10.5. The number of allylic oxidation sites excluding steroid dienone is 2. The third-order valence-electron chi connectivity index (χ3n) is 5.29. The summed E-state index contributed by atoms with van der Waals surface area (Å²) in [6, 6.07) is 17.9. The van der Waals surface area contributed by atoms with Crippen LogP contribution >= 0.6 is 0 Å². The fourth-order valence-corrected chi connectivity index (χ4v) is 3.53. The van der Waals surface area contributed by atoms with Gasteiger partial charge >= 0.3 is 0 Å². The van der Waals surface area contributed by atoms with Crippen LogP contribution in [-0.2, 0) is 11.3 Å². The second-order valence-corrected chi connectivity index (χ2v) is 7.87. The summed E-state index contributed by atoms with van der Waals surface area (Å²) in [5.74, 6) is 1.29. The summed E-state index contributed by atoms with van der Waals surface area (Å²) in [7, 11) is 0. The van der Waals surface area contributed by atoms with Crippen molar-refractivity contribution in [3.05, 3.63) is 89.5 Å². The summed E-state index contributed by atoms with van der Waals surface area (Å²) in [6.45, 7) is 4.79. The van der Waals surface area contributed by atoms with Gasteiger partial charge in [-0.3, -0.25) is 0 Å². The van der Waals surface area contributed by atoms with Gasteiger partial charge in [-0.2, -0.15) is 0 Å². The minimum atomic E-state index is 0.237. The fourth-order valence-electron chi connectivity index (χ4n) is 3.53. The van der Waals surface area contributed by atoms with Crippen molar-refractivity contribution in [3.8, 4) is 5.75 Å². The first-order chi connectivity index (χ1) is 14.5. The summed E-state index contributed by atoms with van der Waals surface area (Å²) in [5, 5.41) is 11.7. The van der Waals surface area contributed by atoms with E-state index in [4.69, 9.17) is 10.1 Å². The minimum Gasteiger partial charge on any atom is -0.487 e. The molecule has 0 bridgehead atoms. The highest BCUT2D eigenvalue weighted by atomic mass is 16.5. The van der Waals surface area contributed by atoms with E-state index in [9.17, 15) is 4.79 Å². The number of rotatable bonds is 10. The number of nitrogens with one attached hydrogen (secondary N) is 2. The molecule has 0 heterocycles. The summed E-state index contributed by atoms with van der Waals surface area (Å²) < 4.78 is 5.75. The average Bonchev–Trinajstić information content (AvgIpc) is 2.77. The molecular weight excluding hydrogens is 372 g/mol. The highest BCUT2D eigenvalue weighted by Crippen LogP contribution is 2.22. The second kappa shape index (κ2) is 10.7. The number of hydrogen-bond acceptors (Lipinski definition) is 4. The van der Waals surface area contributed by atoms with Crippen molar-refractivity contribution in [3.63, 3.8) is 0 Å². The maximum absolute atomic E-state index is 11.3. The highest BCUT2D eigenvalue weighted by molar-refractivity contribution is 5.99. The lowest BCUT2D eigenvalue weighted by atomic mass is 9.90. The van der Waals surface area contributed by atoms with Gasteiger partial charge in [-0.25, -0.2) is 0 Å². The van der Waals surface area contributed by atoms with Gasteiger partial charge in [0.2, 0.25) is 0 Å². The summed E-state index contributed by atoms with van der Waals surface area (Å²) in [5.41, 5.74) is 3.79. The SMILES string of the molecule is CC(=O)CC(C)C1=CCC(NCc2ccc(OCC(=N)c3ccccc3)cc2)C=C1. The van der Waals surface area contributed by atoms with E-state index in [0.29, 0.717) is 18.2 Å². The molecule has 4 nitrogen and oxygen atoms in total. The second-order valence-electron chi connectivity index (χ2n) is 7.87. The van der Waals surface area contributed by atoms with E-state index in [1.54, 1.807) is 6.92 Å². The monoisotopic (exact) mass is 402 g/mol. The average molecular weight is 403 g/mol. The standard InChI is InChI=1S/C26H30N2O2/c1-19(16-20(2)29)22-10-12-24(13-11-22)28-17-21-8-14-25(15-9-21)30-18-26(27)23-6-4-3-5-7-23/h3-12,14-15,19,24,27-28H,13,16-18H2,1-2H3. The molecule has 0 spiro atoms. The number of carbonyl (C=O) groups is 1. The number of benzene rings is 2. The molecule has 2 unspecified atom stereocenters. The van der Waals surface area contributed by atoms with Gasteiger partial charge in [0.15, 0.2) is 0 Å². The molecule has 1 aliphatic rings. The fraction of sp³-hybridized carbons (Fsp3) is 0.308. The van der Waals surface area contributed by atoms with Gasteiger partial charge in [0, 0.05) is 19.0 Å². The van der Waals surface area contributed by atoms with Gasteiger partial charge in [0.1, 0.15) is 18.1 Å². The molecule has 4 heteroatoms. The Bertz CT molecular complexity index is 914. The first kappa shape index (κ1) is 21.7. The minimum absolute atomic E-state index is 0.237. The van der Waals surface area contributed by atoms with E-state index in [1.165, 1.54) is 11.1 Å². The predicted molar refractivity (Wildman–Crippen MR) is 122 cm³/mol. The van der Waals surface area contributed by atoms with Crippen LogP contribution in [0.3, 0.4) is 0 Å². The van der Waals surface area contributed by atoms with Crippen molar-refractivity contribution < 1.29 is 9.53 Å². The molecule has 3 rings (SSSR count). The van der Waals surface area contributed by atoms with Crippen LogP contribution in [0.2, 0.25) is 0 Å². The van der Waals surface area contributed by atoms with E-state index in [2.05, 4.69) is 42.6 Å². The molecule has 2 aromatic rings. The van der Waals surface area contributed by atoms with Crippen molar-refractivity contribution in [2.75, 3.05) is 6.61 Å². The van der Waals surface area contributed by atoms with Crippen LogP contribution < -0.4 is 10.1 Å². The molecule has 1 aliphatic carbocycles. The van der Waals surface area contributed by atoms with Crippen LogP contribution in [0, 0.1) is 11.3 Å². The molecule has 0 aliphatic heterocycles. The van der Waals surface area contributed by atoms with Crippen LogP contribution in [0.25, 0.3) is 0 Å². The zero-order chi connectivity index (χ0) is 21.3. The van der Waals surface area contributed by atoms with E-state index in [0.717, 1.165) is 24.3 Å². The molecule has 156 valence electrons. The van der Waals surface area contributed by atoms with Crippen LogP contribution in [0.5, 0.6) is 5.75 Å². The van der Waals surface area contributed by atoms with Gasteiger partial charge in [-0.1, -0.05) is 67.6 Å². The van der Waals surface area contributed by atoms with Crippen molar-refractivity contribution >= 4 is 11.5 Å². The largest absolute Gasteiger partial charge is 0.487 e. The zero-order valence-electron chi connectivity index (χ0n) is 17.7. The maximum atomic E-state index is 11.3. The normalized spacial score (nSPS) is 16.6. The molecule has 2 atom stereocenters. The first-order valence-corrected chi connectivity index (χ1v) is 10.5. The van der Waals surface area contributed by atoms with E-state index >= 15 is 0 Å². The van der Waals surface area contributed by atoms with Crippen molar-refractivity contribution in [1.29, 1.82) is 5.41 Å². The summed E-state index contributed by atoms with van der Waals surface area (Å²) in [6.07, 6.45) is 8.13. The van der Waals surface area contributed by atoms with E-state index < -0.39 is 0 Å². The molecular formula is C26H30N2O2. The van der Waals surface area contributed by atoms with Gasteiger partial charge in [-0.15, -0.1) is 0 Å². The van der Waals surface area contributed by atoms with Crippen molar-refractivity contribution in [2.45, 2.75) is 39.3 Å². The van der Waals surface area contributed by atoms with Gasteiger partial charge < -0.3 is 20.3 Å². The Hall–Kier alpha value is -2.98. The molecule has 2 N–H and O–H groups in total. The molecule has 0 saturated heterocycles. The Morgan fingerprint density at radius 1 is 1.17 bits per heavy atom. The Labute approximate surface area is 179 Å². The van der Waals surface area contributed by atoms with Gasteiger partial charge in [-0.05, 0) is 48.1 Å². The number of Topliss-reactive ketones (excluding diaryl/α,β-unsaturated/α-hetero) is 1. The Morgan fingerprint density at radius 3 is 2.53 bits per heavy atom.